The first kappa shape index (κ1) is 10.2. The molecule has 0 aliphatic heterocycles. The molecule has 0 aromatic carbocycles. The quantitative estimate of drug-likeness (QED) is 0.628. The fourth-order valence-electron chi connectivity index (χ4n) is 5.07. The van der Waals surface area contributed by atoms with Gasteiger partial charge >= 0.3 is 0 Å². The first-order valence-electron chi connectivity index (χ1n) is 7.06. The van der Waals surface area contributed by atoms with E-state index in [0.29, 0.717) is 0 Å². The minimum Gasteiger partial charge on any atom is -0.0651 e. The highest BCUT2D eigenvalue weighted by atomic mass is 14.9. The van der Waals surface area contributed by atoms with Crippen molar-refractivity contribution in [3.05, 3.63) is 0 Å². The van der Waals surface area contributed by atoms with E-state index in [1.165, 1.54) is 19.3 Å². The van der Waals surface area contributed by atoms with Gasteiger partial charge in [-0.3, -0.25) is 0 Å². The zero-order valence-corrected chi connectivity index (χ0v) is 10.9. The highest BCUT2D eigenvalue weighted by molar-refractivity contribution is 5.39. The van der Waals surface area contributed by atoms with Gasteiger partial charge in [0.1, 0.15) is 0 Å². The van der Waals surface area contributed by atoms with E-state index in [1.807, 2.05) is 0 Å². The Hall–Kier alpha value is 0. The minimum atomic E-state index is 0.799. The molecular formula is C15H26. The van der Waals surface area contributed by atoms with Gasteiger partial charge < -0.3 is 0 Å². The Morgan fingerprint density at radius 1 is 1.27 bits per heavy atom. The van der Waals surface area contributed by atoms with Gasteiger partial charge in [0.2, 0.25) is 0 Å². The first-order valence-corrected chi connectivity index (χ1v) is 7.06. The molecule has 0 aromatic heterocycles. The molecule has 3 rings (SSSR count). The van der Waals surface area contributed by atoms with E-state index in [1.54, 1.807) is 19.3 Å². The predicted octanol–water partition coefficient (Wildman–Crippen LogP) is 4.64. The van der Waals surface area contributed by atoms with Crippen molar-refractivity contribution in [2.24, 2.45) is 28.1 Å². The minimum absolute atomic E-state index is 0.799. The van der Waals surface area contributed by atoms with Gasteiger partial charge in [-0.1, -0.05) is 34.1 Å². The number of rotatable bonds is 4. The molecule has 5 atom stereocenters. The fourth-order valence-corrected chi connectivity index (χ4v) is 5.07. The van der Waals surface area contributed by atoms with Gasteiger partial charge in [-0.25, -0.2) is 0 Å². The van der Waals surface area contributed by atoms with Gasteiger partial charge in [0.05, 0.1) is 0 Å². The molecule has 15 heavy (non-hydrogen) atoms. The molecule has 0 amide bonds. The molecule has 5 unspecified atom stereocenters. The Morgan fingerprint density at radius 3 is 2.33 bits per heavy atom. The van der Waals surface area contributed by atoms with Crippen LogP contribution >= 0.6 is 0 Å². The summed E-state index contributed by atoms with van der Waals surface area (Å²) in [6, 6.07) is 0. The molecule has 0 radical (unpaired) electrons. The summed E-state index contributed by atoms with van der Waals surface area (Å²) in [4.78, 5) is 0. The molecule has 3 saturated carbocycles. The van der Waals surface area contributed by atoms with Crippen LogP contribution in [0.5, 0.6) is 0 Å². The van der Waals surface area contributed by atoms with Crippen molar-refractivity contribution in [2.45, 2.75) is 66.2 Å². The number of hydrogen-bond acceptors (Lipinski definition) is 0. The van der Waals surface area contributed by atoms with E-state index in [-0.39, 0.29) is 0 Å². The lowest BCUT2D eigenvalue weighted by molar-refractivity contribution is 0.306. The zero-order valence-electron chi connectivity index (χ0n) is 10.9. The van der Waals surface area contributed by atoms with Gasteiger partial charge in [0.25, 0.3) is 0 Å². The highest BCUT2D eigenvalue weighted by Gasteiger charge is 2.91. The van der Waals surface area contributed by atoms with Gasteiger partial charge in [-0.2, -0.15) is 0 Å². The molecule has 0 nitrogen and oxygen atoms in total. The van der Waals surface area contributed by atoms with Crippen LogP contribution in [0.2, 0.25) is 0 Å². The average molecular weight is 206 g/mol. The molecule has 0 N–H and O–H groups in total. The third-order valence-electron chi connectivity index (χ3n) is 6.54. The summed E-state index contributed by atoms with van der Waals surface area (Å²) >= 11 is 0. The average Bonchev–Trinajstić information content (AvgIpc) is 3.12. The highest BCUT2D eigenvalue weighted by Crippen LogP contribution is 2.98. The molecule has 2 spiro atoms. The lowest BCUT2D eigenvalue weighted by Crippen LogP contribution is -2.10. The summed E-state index contributed by atoms with van der Waals surface area (Å²) in [5, 5.41) is 0. The van der Waals surface area contributed by atoms with Crippen LogP contribution in [0.25, 0.3) is 0 Å². The third kappa shape index (κ3) is 0.996. The Kier molecular flexibility index (Phi) is 1.78. The summed E-state index contributed by atoms with van der Waals surface area (Å²) in [6.07, 6.45) is 9.10. The molecule has 3 aliphatic carbocycles. The molecule has 0 aromatic rings. The predicted molar refractivity (Wildman–Crippen MR) is 64.7 cm³/mol. The summed E-state index contributed by atoms with van der Waals surface area (Å²) < 4.78 is 0. The van der Waals surface area contributed by atoms with Gasteiger partial charge in [0, 0.05) is 0 Å². The van der Waals surface area contributed by atoms with Crippen LogP contribution in [-0.4, -0.2) is 0 Å². The van der Waals surface area contributed by atoms with Crippen LogP contribution in [0.1, 0.15) is 66.2 Å². The Balaban J connectivity index is 1.71. The number of fused-ring (bicyclic) bond motifs is 1. The molecule has 86 valence electrons. The number of hydrogen-bond donors (Lipinski definition) is 0. The van der Waals surface area contributed by atoms with Crippen molar-refractivity contribution in [3.63, 3.8) is 0 Å². The second kappa shape index (κ2) is 2.63. The van der Waals surface area contributed by atoms with E-state index < -0.39 is 0 Å². The lowest BCUT2D eigenvalue weighted by Gasteiger charge is -2.19. The van der Waals surface area contributed by atoms with E-state index in [2.05, 4.69) is 27.7 Å². The Labute approximate surface area is 94.8 Å². The maximum Gasteiger partial charge on any atom is -0.0170 e. The van der Waals surface area contributed by atoms with Crippen molar-refractivity contribution in [1.29, 1.82) is 0 Å². The third-order valence-corrected chi connectivity index (χ3v) is 6.54. The maximum atomic E-state index is 2.48. The smallest absolute Gasteiger partial charge is 0.0170 e. The molecule has 0 heteroatoms. The van der Waals surface area contributed by atoms with Gasteiger partial charge in [-0.05, 0) is 60.2 Å². The Bertz CT molecular complexity index is 294. The van der Waals surface area contributed by atoms with E-state index in [9.17, 15) is 0 Å². The maximum absolute atomic E-state index is 2.48. The molecule has 3 aliphatic rings. The largest absolute Gasteiger partial charge is 0.0651 e. The van der Waals surface area contributed by atoms with Crippen LogP contribution in [0, 0.1) is 28.1 Å². The summed E-state index contributed by atoms with van der Waals surface area (Å²) in [5.74, 6) is 2.03. The van der Waals surface area contributed by atoms with Crippen molar-refractivity contribution >= 4 is 0 Å². The second-order valence-electron chi connectivity index (χ2n) is 7.05. The molecule has 3 fully saturated rings. The standard InChI is InChI=1S/C15H26/c1-5-11(3)7-13(6-2)9-15(13)10-14(15)8-12(14)4/h11-12H,5-10H2,1-4H3. The fraction of sp³-hybridized carbons (Fsp3) is 1.00. The Morgan fingerprint density at radius 2 is 1.93 bits per heavy atom. The van der Waals surface area contributed by atoms with E-state index in [4.69, 9.17) is 0 Å². The molecule has 0 saturated heterocycles. The van der Waals surface area contributed by atoms with Crippen molar-refractivity contribution in [1.82, 2.24) is 0 Å². The zero-order chi connectivity index (χ0) is 10.9. The lowest BCUT2D eigenvalue weighted by atomic mass is 9.85. The molecular weight excluding hydrogens is 180 g/mol. The molecule has 0 heterocycles. The first-order chi connectivity index (χ1) is 7.06. The van der Waals surface area contributed by atoms with E-state index >= 15 is 0 Å². The van der Waals surface area contributed by atoms with Crippen LogP contribution < -0.4 is 0 Å². The SMILES string of the molecule is CCC(C)CC1(CC)CC12CC21CC1C. The van der Waals surface area contributed by atoms with Crippen LogP contribution in [-0.2, 0) is 0 Å². The van der Waals surface area contributed by atoms with Gasteiger partial charge in [0.15, 0.2) is 0 Å². The van der Waals surface area contributed by atoms with Crippen molar-refractivity contribution < 1.29 is 0 Å². The normalized spacial score (nSPS) is 57.2. The topological polar surface area (TPSA) is 0 Å². The van der Waals surface area contributed by atoms with Crippen molar-refractivity contribution in [3.8, 4) is 0 Å². The second-order valence-corrected chi connectivity index (χ2v) is 7.05. The summed E-state index contributed by atoms with van der Waals surface area (Å²) in [5.41, 5.74) is 2.56. The van der Waals surface area contributed by atoms with Gasteiger partial charge in [-0.15, -0.1) is 0 Å². The van der Waals surface area contributed by atoms with E-state index in [0.717, 1.165) is 28.1 Å². The molecule has 0 bridgehead atoms. The van der Waals surface area contributed by atoms with Crippen LogP contribution in [0.15, 0.2) is 0 Å². The monoisotopic (exact) mass is 206 g/mol. The summed E-state index contributed by atoms with van der Waals surface area (Å²) in [6.45, 7) is 9.73. The summed E-state index contributed by atoms with van der Waals surface area (Å²) in [7, 11) is 0. The van der Waals surface area contributed by atoms with Crippen molar-refractivity contribution in [2.75, 3.05) is 0 Å². The van der Waals surface area contributed by atoms with Crippen LogP contribution in [0.4, 0.5) is 0 Å². The van der Waals surface area contributed by atoms with Crippen LogP contribution in [0.3, 0.4) is 0 Å².